The number of rotatable bonds is 4. The Morgan fingerprint density at radius 2 is 1.94 bits per heavy atom. The van der Waals surface area contributed by atoms with Crippen molar-refractivity contribution >= 4 is 5.91 Å². The van der Waals surface area contributed by atoms with Crippen LogP contribution in [0.3, 0.4) is 0 Å². The topological polar surface area (TPSA) is 62.5 Å². The van der Waals surface area contributed by atoms with Crippen LogP contribution in [0.4, 0.5) is 4.39 Å². The first kappa shape index (κ1) is 19.9. The van der Waals surface area contributed by atoms with Gasteiger partial charge < -0.3 is 9.42 Å². The van der Waals surface area contributed by atoms with Gasteiger partial charge in [-0.05, 0) is 48.9 Å². The van der Waals surface area contributed by atoms with Crippen molar-refractivity contribution in [3.8, 4) is 11.4 Å². The van der Waals surface area contributed by atoms with Gasteiger partial charge in [-0.3, -0.25) is 9.69 Å². The molecule has 0 aliphatic carbocycles. The molecule has 3 aromatic rings. The van der Waals surface area contributed by atoms with E-state index in [1.165, 1.54) is 17.2 Å². The molecule has 1 aromatic heterocycles. The van der Waals surface area contributed by atoms with Gasteiger partial charge in [0, 0.05) is 25.2 Å². The van der Waals surface area contributed by atoms with Crippen LogP contribution < -0.4 is 0 Å². The quantitative estimate of drug-likeness (QED) is 0.644. The van der Waals surface area contributed by atoms with Crippen LogP contribution >= 0.6 is 0 Å². The number of carbonyl (C=O) groups is 1. The smallest absolute Gasteiger partial charge is 0.241 e. The first-order chi connectivity index (χ1) is 15.1. The average molecular weight is 420 g/mol. The second-order valence-corrected chi connectivity index (χ2v) is 8.40. The Balaban J connectivity index is 1.40. The van der Waals surface area contributed by atoms with Gasteiger partial charge in [0.05, 0.1) is 12.6 Å². The molecule has 5 rings (SSSR count). The maximum Gasteiger partial charge on any atom is 0.241 e. The number of hydrogen-bond donors (Lipinski definition) is 0. The molecule has 0 bridgehead atoms. The number of halogens is 1. The predicted octanol–water partition coefficient (Wildman–Crippen LogP) is 3.73. The normalized spacial score (nSPS) is 18.9. The van der Waals surface area contributed by atoms with Crippen LogP contribution in [-0.2, 0) is 24.3 Å². The highest BCUT2D eigenvalue weighted by atomic mass is 19.1. The van der Waals surface area contributed by atoms with E-state index in [1.54, 1.807) is 19.1 Å². The van der Waals surface area contributed by atoms with Gasteiger partial charge in [0.2, 0.25) is 17.6 Å². The first-order valence-electron chi connectivity index (χ1n) is 10.8. The second-order valence-electron chi connectivity index (χ2n) is 8.40. The molecule has 1 fully saturated rings. The minimum Gasteiger partial charge on any atom is -0.341 e. The standard InChI is InChI=1S/C24H25FN4O2/c1-16-8-9-18(12-20(16)25)23-26-22(31-27-23)15-29-14-19-7-3-2-6-17(19)13-21(29)24(30)28-10-4-5-11-28/h2-3,6-9,12,21H,4-5,10-11,13-15H2,1H3/t21-/m1/s1. The zero-order valence-corrected chi connectivity index (χ0v) is 17.6. The van der Waals surface area contributed by atoms with Crippen LogP contribution in [0.15, 0.2) is 47.0 Å². The van der Waals surface area contributed by atoms with E-state index in [-0.39, 0.29) is 17.8 Å². The monoisotopic (exact) mass is 420 g/mol. The van der Waals surface area contributed by atoms with Crippen molar-refractivity contribution in [2.24, 2.45) is 0 Å². The number of hydrogen-bond acceptors (Lipinski definition) is 5. The predicted molar refractivity (Wildman–Crippen MR) is 113 cm³/mol. The SMILES string of the molecule is Cc1ccc(-c2noc(CN3Cc4ccccc4C[C@@H]3C(=O)N3CCCC3)n2)cc1F. The van der Waals surface area contributed by atoms with E-state index >= 15 is 0 Å². The zero-order valence-electron chi connectivity index (χ0n) is 17.6. The fraction of sp³-hybridized carbons (Fsp3) is 0.375. The molecule has 1 saturated heterocycles. The molecule has 0 N–H and O–H groups in total. The third-order valence-electron chi connectivity index (χ3n) is 6.29. The number of nitrogens with zero attached hydrogens (tertiary/aromatic N) is 4. The average Bonchev–Trinajstić information content (AvgIpc) is 3.47. The second kappa shape index (κ2) is 8.23. The molecule has 3 heterocycles. The molecule has 0 radical (unpaired) electrons. The fourth-order valence-electron chi connectivity index (χ4n) is 4.48. The van der Waals surface area contributed by atoms with Crippen LogP contribution in [0.5, 0.6) is 0 Å². The Morgan fingerprint density at radius 1 is 1.16 bits per heavy atom. The lowest BCUT2D eigenvalue weighted by molar-refractivity contribution is -0.137. The summed E-state index contributed by atoms with van der Waals surface area (Å²) in [7, 11) is 0. The number of benzene rings is 2. The van der Waals surface area contributed by atoms with Crippen molar-refractivity contribution in [2.45, 2.75) is 45.3 Å². The molecular formula is C24H25FN4O2. The number of aromatic nitrogens is 2. The van der Waals surface area contributed by atoms with Crippen molar-refractivity contribution in [1.29, 1.82) is 0 Å². The number of amides is 1. The Labute approximate surface area is 180 Å². The molecule has 1 atom stereocenters. The number of aryl methyl sites for hydroxylation is 1. The molecule has 2 aliphatic heterocycles. The number of likely N-dealkylation sites (tertiary alicyclic amines) is 1. The molecule has 31 heavy (non-hydrogen) atoms. The molecule has 0 unspecified atom stereocenters. The van der Waals surface area contributed by atoms with Crippen LogP contribution in [0, 0.1) is 12.7 Å². The largest absolute Gasteiger partial charge is 0.341 e. The van der Waals surface area contributed by atoms with E-state index in [1.807, 2.05) is 17.0 Å². The van der Waals surface area contributed by atoms with E-state index in [9.17, 15) is 9.18 Å². The summed E-state index contributed by atoms with van der Waals surface area (Å²) in [5, 5.41) is 4.04. The minimum absolute atomic E-state index is 0.173. The lowest BCUT2D eigenvalue weighted by Crippen LogP contribution is -2.50. The van der Waals surface area contributed by atoms with Gasteiger partial charge in [0.1, 0.15) is 5.82 Å². The Morgan fingerprint density at radius 3 is 2.71 bits per heavy atom. The molecule has 6 nitrogen and oxygen atoms in total. The Kier molecular flexibility index (Phi) is 5.28. The van der Waals surface area contributed by atoms with Gasteiger partial charge in [-0.2, -0.15) is 4.98 Å². The third kappa shape index (κ3) is 3.97. The molecule has 160 valence electrons. The van der Waals surface area contributed by atoms with E-state index in [2.05, 4.69) is 27.2 Å². The number of carbonyl (C=O) groups excluding carboxylic acids is 1. The van der Waals surface area contributed by atoms with Crippen LogP contribution in [0.2, 0.25) is 0 Å². The van der Waals surface area contributed by atoms with Crippen LogP contribution in [0.1, 0.15) is 35.4 Å². The van der Waals surface area contributed by atoms with E-state index in [4.69, 9.17) is 4.52 Å². The minimum atomic E-state index is -0.298. The van der Waals surface area contributed by atoms with Crippen molar-refractivity contribution in [1.82, 2.24) is 19.9 Å². The number of fused-ring (bicyclic) bond motifs is 1. The summed E-state index contributed by atoms with van der Waals surface area (Å²) in [6.45, 7) is 4.40. The highest BCUT2D eigenvalue weighted by molar-refractivity contribution is 5.82. The maximum atomic E-state index is 13.9. The summed E-state index contributed by atoms with van der Waals surface area (Å²) >= 11 is 0. The first-order valence-corrected chi connectivity index (χ1v) is 10.8. The highest BCUT2D eigenvalue weighted by Crippen LogP contribution is 2.27. The van der Waals surface area contributed by atoms with Gasteiger partial charge >= 0.3 is 0 Å². The van der Waals surface area contributed by atoms with Gasteiger partial charge in [-0.25, -0.2) is 4.39 Å². The molecule has 1 amide bonds. The van der Waals surface area contributed by atoms with Gasteiger partial charge in [0.15, 0.2) is 0 Å². The van der Waals surface area contributed by atoms with Crippen molar-refractivity contribution in [3.05, 3.63) is 70.9 Å². The summed E-state index contributed by atoms with van der Waals surface area (Å²) in [5.74, 6) is 0.656. The molecule has 0 spiro atoms. The fourth-order valence-corrected chi connectivity index (χ4v) is 4.48. The summed E-state index contributed by atoms with van der Waals surface area (Å²) in [6.07, 6.45) is 2.81. The summed E-state index contributed by atoms with van der Waals surface area (Å²) in [4.78, 5) is 21.9. The molecular weight excluding hydrogens is 395 g/mol. The molecule has 2 aromatic carbocycles. The van der Waals surface area contributed by atoms with Crippen LogP contribution in [0.25, 0.3) is 11.4 Å². The third-order valence-corrected chi connectivity index (χ3v) is 6.29. The summed E-state index contributed by atoms with van der Waals surface area (Å²) in [5.41, 5.74) is 3.58. The lowest BCUT2D eigenvalue weighted by Gasteiger charge is -2.37. The summed E-state index contributed by atoms with van der Waals surface area (Å²) in [6, 6.07) is 12.9. The van der Waals surface area contributed by atoms with Crippen molar-refractivity contribution < 1.29 is 13.7 Å². The van der Waals surface area contributed by atoms with Gasteiger partial charge in [-0.15, -0.1) is 0 Å². The molecule has 7 heteroatoms. The Hall–Kier alpha value is -3.06. The molecule has 0 saturated carbocycles. The van der Waals surface area contributed by atoms with Crippen LogP contribution in [-0.4, -0.2) is 45.0 Å². The van der Waals surface area contributed by atoms with E-state index in [0.29, 0.717) is 42.4 Å². The van der Waals surface area contributed by atoms with E-state index in [0.717, 1.165) is 25.9 Å². The van der Waals surface area contributed by atoms with Crippen molar-refractivity contribution in [3.63, 3.8) is 0 Å². The summed E-state index contributed by atoms with van der Waals surface area (Å²) < 4.78 is 19.4. The molecule has 2 aliphatic rings. The van der Waals surface area contributed by atoms with Gasteiger partial charge in [0.25, 0.3) is 0 Å². The highest BCUT2D eigenvalue weighted by Gasteiger charge is 2.35. The van der Waals surface area contributed by atoms with Gasteiger partial charge in [-0.1, -0.05) is 41.6 Å². The maximum absolute atomic E-state index is 13.9. The Bertz CT molecular complexity index is 1110. The zero-order chi connectivity index (χ0) is 21.4. The van der Waals surface area contributed by atoms with Crippen molar-refractivity contribution in [2.75, 3.05) is 13.1 Å². The lowest BCUT2D eigenvalue weighted by atomic mass is 9.93. The van der Waals surface area contributed by atoms with E-state index < -0.39 is 0 Å².